The number of anilines is 1. The van der Waals surface area contributed by atoms with Crippen LogP contribution in [-0.4, -0.2) is 16.2 Å². The van der Waals surface area contributed by atoms with Gasteiger partial charge in [0.2, 0.25) is 0 Å². The number of nitrogens with two attached hydrogens (primary N) is 1. The molecule has 18 heavy (non-hydrogen) atoms. The molecule has 4 heteroatoms. The van der Waals surface area contributed by atoms with Crippen LogP contribution in [0.25, 0.3) is 0 Å². The van der Waals surface area contributed by atoms with E-state index in [1.165, 1.54) is 12.1 Å². The molecule has 1 heterocycles. The Morgan fingerprint density at radius 2 is 1.89 bits per heavy atom. The number of benzene rings is 1. The molecule has 0 spiro atoms. The van der Waals surface area contributed by atoms with Crippen molar-refractivity contribution in [3.05, 3.63) is 59.5 Å². The molecule has 94 valence electrons. The molecule has 3 N–H and O–H groups in total. The Morgan fingerprint density at radius 1 is 1.17 bits per heavy atom. The number of halogens is 1. The summed E-state index contributed by atoms with van der Waals surface area (Å²) in [6.45, 7) is 0. The number of nitrogen functional groups attached to an aromatic ring is 1. The Bertz CT molecular complexity index is 483. The van der Waals surface area contributed by atoms with Crippen molar-refractivity contribution in [3.63, 3.8) is 0 Å². The molecular weight excluding hydrogens is 231 g/mol. The molecule has 1 aromatic heterocycles. The summed E-state index contributed by atoms with van der Waals surface area (Å²) in [5.41, 5.74) is 7.27. The lowest BCUT2D eigenvalue weighted by atomic mass is 10.0. The third-order valence-electron chi connectivity index (χ3n) is 2.68. The fourth-order valence-electron chi connectivity index (χ4n) is 1.90. The number of aliphatic hydroxyl groups excluding tert-OH is 1. The highest BCUT2D eigenvalue weighted by atomic mass is 19.1. The molecule has 0 saturated heterocycles. The lowest BCUT2D eigenvalue weighted by molar-refractivity contribution is 0.175. The lowest BCUT2D eigenvalue weighted by Crippen LogP contribution is -2.14. The van der Waals surface area contributed by atoms with Crippen molar-refractivity contribution in [2.75, 3.05) is 5.73 Å². The van der Waals surface area contributed by atoms with E-state index in [-0.39, 0.29) is 5.82 Å². The van der Waals surface area contributed by atoms with Gasteiger partial charge in [0.15, 0.2) is 0 Å². The summed E-state index contributed by atoms with van der Waals surface area (Å²) >= 11 is 0. The van der Waals surface area contributed by atoms with Crippen molar-refractivity contribution in [1.29, 1.82) is 0 Å². The van der Waals surface area contributed by atoms with Crippen LogP contribution in [0.1, 0.15) is 11.1 Å². The largest absolute Gasteiger partial charge is 0.392 e. The summed E-state index contributed by atoms with van der Waals surface area (Å²) in [5, 5.41) is 9.95. The molecule has 1 unspecified atom stereocenters. The van der Waals surface area contributed by atoms with Crippen molar-refractivity contribution < 1.29 is 9.50 Å². The zero-order valence-corrected chi connectivity index (χ0v) is 9.88. The van der Waals surface area contributed by atoms with E-state index in [0.717, 1.165) is 11.1 Å². The third-order valence-corrected chi connectivity index (χ3v) is 2.68. The summed E-state index contributed by atoms with van der Waals surface area (Å²) in [4.78, 5) is 3.89. The standard InChI is InChI=1S/C14H15FN2O/c15-12-3-1-2-10(6-12)7-13(18)8-11-4-5-17-14(16)9-11/h1-6,9,13,18H,7-8H2,(H2,16,17). The minimum absolute atomic E-state index is 0.284. The van der Waals surface area contributed by atoms with Gasteiger partial charge in [0.25, 0.3) is 0 Å². The predicted molar refractivity (Wildman–Crippen MR) is 68.5 cm³/mol. The molecule has 2 rings (SSSR count). The number of nitrogens with zero attached hydrogens (tertiary/aromatic N) is 1. The van der Waals surface area contributed by atoms with E-state index in [0.29, 0.717) is 18.7 Å². The summed E-state index contributed by atoms with van der Waals surface area (Å²) in [5.74, 6) is 0.151. The molecule has 2 aromatic rings. The summed E-state index contributed by atoms with van der Waals surface area (Å²) < 4.78 is 13.0. The fraction of sp³-hybridized carbons (Fsp3) is 0.214. The van der Waals surface area contributed by atoms with E-state index in [9.17, 15) is 9.50 Å². The Hall–Kier alpha value is -1.94. The van der Waals surface area contributed by atoms with Crippen LogP contribution in [0.4, 0.5) is 10.2 Å². The number of hydrogen-bond donors (Lipinski definition) is 2. The molecule has 0 radical (unpaired) electrons. The van der Waals surface area contributed by atoms with Crippen LogP contribution < -0.4 is 5.73 Å². The van der Waals surface area contributed by atoms with Crippen LogP contribution in [0.5, 0.6) is 0 Å². The van der Waals surface area contributed by atoms with Crippen molar-refractivity contribution in [1.82, 2.24) is 4.98 Å². The molecule has 0 fully saturated rings. The van der Waals surface area contributed by atoms with E-state index >= 15 is 0 Å². The Labute approximate surface area is 105 Å². The Kier molecular flexibility index (Phi) is 3.89. The average Bonchev–Trinajstić information content (AvgIpc) is 2.28. The number of aliphatic hydroxyl groups is 1. The van der Waals surface area contributed by atoms with E-state index in [4.69, 9.17) is 5.73 Å². The van der Waals surface area contributed by atoms with Gasteiger partial charge in [0.1, 0.15) is 11.6 Å². The number of rotatable bonds is 4. The van der Waals surface area contributed by atoms with Gasteiger partial charge >= 0.3 is 0 Å². The molecule has 1 aromatic carbocycles. The highest BCUT2D eigenvalue weighted by Gasteiger charge is 2.08. The van der Waals surface area contributed by atoms with Crippen LogP contribution >= 0.6 is 0 Å². The van der Waals surface area contributed by atoms with Gasteiger partial charge in [-0.1, -0.05) is 12.1 Å². The predicted octanol–water partition coefficient (Wildman–Crippen LogP) is 1.95. The van der Waals surface area contributed by atoms with Gasteiger partial charge in [0, 0.05) is 6.20 Å². The summed E-state index contributed by atoms with van der Waals surface area (Å²) in [6, 6.07) is 9.80. The quantitative estimate of drug-likeness (QED) is 0.866. The molecular formula is C14H15FN2O. The zero-order valence-electron chi connectivity index (χ0n) is 9.88. The molecule has 0 aliphatic carbocycles. The Balaban J connectivity index is 1.98. The second kappa shape index (κ2) is 5.60. The normalized spacial score (nSPS) is 12.3. The van der Waals surface area contributed by atoms with Gasteiger partial charge in [-0.15, -0.1) is 0 Å². The van der Waals surface area contributed by atoms with Gasteiger partial charge in [-0.3, -0.25) is 0 Å². The second-order valence-corrected chi connectivity index (χ2v) is 4.28. The van der Waals surface area contributed by atoms with Crippen LogP contribution in [-0.2, 0) is 12.8 Å². The highest BCUT2D eigenvalue weighted by molar-refractivity contribution is 5.32. The minimum atomic E-state index is -0.561. The molecule has 0 amide bonds. The highest BCUT2D eigenvalue weighted by Crippen LogP contribution is 2.11. The molecule has 1 atom stereocenters. The summed E-state index contributed by atoms with van der Waals surface area (Å²) in [7, 11) is 0. The van der Waals surface area contributed by atoms with Gasteiger partial charge < -0.3 is 10.8 Å². The molecule has 0 saturated carbocycles. The van der Waals surface area contributed by atoms with Gasteiger partial charge in [-0.25, -0.2) is 9.37 Å². The molecule has 0 bridgehead atoms. The van der Waals surface area contributed by atoms with Crippen LogP contribution in [0.3, 0.4) is 0 Å². The van der Waals surface area contributed by atoms with E-state index in [1.54, 1.807) is 24.4 Å². The smallest absolute Gasteiger partial charge is 0.123 e. The average molecular weight is 246 g/mol. The number of aromatic nitrogens is 1. The monoisotopic (exact) mass is 246 g/mol. The van der Waals surface area contributed by atoms with Crippen molar-refractivity contribution in [3.8, 4) is 0 Å². The third kappa shape index (κ3) is 3.53. The molecule has 3 nitrogen and oxygen atoms in total. The zero-order chi connectivity index (χ0) is 13.0. The maximum atomic E-state index is 13.0. The van der Waals surface area contributed by atoms with Crippen LogP contribution in [0.15, 0.2) is 42.6 Å². The molecule has 0 aliphatic heterocycles. The van der Waals surface area contributed by atoms with Crippen LogP contribution in [0.2, 0.25) is 0 Å². The fourth-order valence-corrected chi connectivity index (χ4v) is 1.90. The van der Waals surface area contributed by atoms with Gasteiger partial charge in [0.05, 0.1) is 6.10 Å². The first-order valence-electron chi connectivity index (χ1n) is 5.76. The first-order chi connectivity index (χ1) is 8.63. The number of hydrogen-bond acceptors (Lipinski definition) is 3. The first-order valence-corrected chi connectivity index (χ1v) is 5.76. The van der Waals surface area contributed by atoms with Crippen molar-refractivity contribution >= 4 is 5.82 Å². The number of pyridine rings is 1. The first kappa shape index (κ1) is 12.5. The minimum Gasteiger partial charge on any atom is -0.392 e. The molecule has 0 aliphatic rings. The van der Waals surface area contributed by atoms with E-state index in [1.807, 2.05) is 6.07 Å². The van der Waals surface area contributed by atoms with Crippen molar-refractivity contribution in [2.45, 2.75) is 18.9 Å². The maximum absolute atomic E-state index is 13.0. The van der Waals surface area contributed by atoms with Crippen LogP contribution in [0, 0.1) is 5.82 Å². The second-order valence-electron chi connectivity index (χ2n) is 4.28. The van der Waals surface area contributed by atoms with Crippen molar-refractivity contribution in [2.24, 2.45) is 0 Å². The lowest BCUT2D eigenvalue weighted by Gasteiger charge is -2.11. The SMILES string of the molecule is Nc1cc(CC(O)Cc2cccc(F)c2)ccn1. The maximum Gasteiger partial charge on any atom is 0.123 e. The van der Waals surface area contributed by atoms with Gasteiger partial charge in [-0.05, 0) is 48.2 Å². The topological polar surface area (TPSA) is 59.1 Å². The van der Waals surface area contributed by atoms with E-state index in [2.05, 4.69) is 4.98 Å². The summed E-state index contributed by atoms with van der Waals surface area (Å²) in [6.07, 6.45) is 1.94. The van der Waals surface area contributed by atoms with Gasteiger partial charge in [-0.2, -0.15) is 0 Å². The Morgan fingerprint density at radius 3 is 2.56 bits per heavy atom. The van der Waals surface area contributed by atoms with E-state index < -0.39 is 6.10 Å².